The molecule has 12 nitrogen and oxygen atoms in total. The number of thiazole rings is 1. The molecule has 0 aliphatic carbocycles. The average molecular weight is 755 g/mol. The molecule has 2 unspecified atom stereocenters. The van der Waals surface area contributed by atoms with Crippen molar-refractivity contribution in [1.29, 1.82) is 0 Å². The molecule has 53 heavy (non-hydrogen) atoms. The van der Waals surface area contributed by atoms with Gasteiger partial charge >= 0.3 is 0 Å². The molecular formula is C40H62N6O6S. The van der Waals surface area contributed by atoms with Crippen LogP contribution in [-0.2, 0) is 35.1 Å². The summed E-state index contributed by atoms with van der Waals surface area (Å²) >= 11 is 1.51. The molecule has 0 saturated carbocycles. The lowest BCUT2D eigenvalue weighted by Gasteiger charge is -2.41. The van der Waals surface area contributed by atoms with Crippen LogP contribution in [0.1, 0.15) is 83.3 Å². The third-order valence-electron chi connectivity index (χ3n) is 11.3. The van der Waals surface area contributed by atoms with Gasteiger partial charge in [-0.15, -0.1) is 11.3 Å². The number of hydrogen-bond donors (Lipinski definition) is 3. The molecular weight excluding hydrogens is 693 g/mol. The number of ether oxygens (including phenoxy) is 2. The molecule has 4 amide bonds. The largest absolute Gasteiger partial charge is 0.379 e. The zero-order valence-electron chi connectivity index (χ0n) is 32.9. The van der Waals surface area contributed by atoms with Gasteiger partial charge in [0.05, 0.1) is 48.6 Å². The van der Waals surface area contributed by atoms with Gasteiger partial charge in [0.1, 0.15) is 11.0 Å². The van der Waals surface area contributed by atoms with Crippen molar-refractivity contribution in [3.8, 4) is 0 Å². The van der Waals surface area contributed by atoms with E-state index in [0.29, 0.717) is 25.9 Å². The molecule has 0 spiro atoms. The average Bonchev–Trinajstić information content (AvgIpc) is 3.97. The Morgan fingerprint density at radius 3 is 2.38 bits per heavy atom. The first-order chi connectivity index (χ1) is 25.4. The van der Waals surface area contributed by atoms with Gasteiger partial charge in [0.25, 0.3) is 0 Å². The second kappa shape index (κ2) is 20.3. The zero-order chi connectivity index (χ0) is 38.7. The third-order valence-corrected chi connectivity index (χ3v) is 12.2. The van der Waals surface area contributed by atoms with Gasteiger partial charge in [-0.2, -0.15) is 0 Å². The minimum Gasteiger partial charge on any atom is -0.379 e. The Kier molecular flexibility index (Phi) is 16.3. The molecule has 2 aromatic rings. The Morgan fingerprint density at radius 2 is 1.79 bits per heavy atom. The maximum absolute atomic E-state index is 14.2. The highest BCUT2D eigenvalue weighted by atomic mass is 32.1. The third kappa shape index (κ3) is 10.9. The van der Waals surface area contributed by atoms with Crippen LogP contribution in [0.15, 0.2) is 41.9 Å². The van der Waals surface area contributed by atoms with E-state index < -0.39 is 30.2 Å². The number of amides is 4. The predicted molar refractivity (Wildman–Crippen MR) is 207 cm³/mol. The van der Waals surface area contributed by atoms with E-state index in [2.05, 4.69) is 34.8 Å². The molecule has 3 N–H and O–H groups in total. The second-order valence-electron chi connectivity index (χ2n) is 15.1. The SMILES string of the molecule is CC[C@H](C)C([C@@H](CC(=O)N1CCC[C@H]1[C@H](OC)[C@@H](C)C(=O)N[C@@H](Cc1ccccc1)c1nccs1)OC)N(C)C(=O)[C@@H](NC(=O)C1CCNC1)C(C)C. The molecule has 2 fully saturated rings. The fourth-order valence-electron chi connectivity index (χ4n) is 7.95. The Morgan fingerprint density at radius 1 is 1.06 bits per heavy atom. The van der Waals surface area contributed by atoms with Crippen molar-refractivity contribution in [3.05, 3.63) is 52.5 Å². The molecule has 0 radical (unpaired) electrons. The van der Waals surface area contributed by atoms with E-state index in [0.717, 1.165) is 36.4 Å². The van der Waals surface area contributed by atoms with E-state index in [-0.39, 0.29) is 59.9 Å². The van der Waals surface area contributed by atoms with Crippen molar-refractivity contribution in [2.24, 2.45) is 23.7 Å². The predicted octanol–water partition coefficient (Wildman–Crippen LogP) is 4.21. The Bertz CT molecular complexity index is 1450. The van der Waals surface area contributed by atoms with Gasteiger partial charge in [0.15, 0.2) is 0 Å². The summed E-state index contributed by atoms with van der Waals surface area (Å²) in [6.07, 6.45) is 4.30. The molecule has 2 saturated heterocycles. The van der Waals surface area contributed by atoms with E-state index in [1.54, 1.807) is 32.4 Å². The lowest BCUT2D eigenvalue weighted by Crippen LogP contribution is -2.58. The smallest absolute Gasteiger partial charge is 0.245 e. The molecule has 0 bridgehead atoms. The number of methoxy groups -OCH3 is 2. The normalized spacial score (nSPS) is 21.3. The van der Waals surface area contributed by atoms with Crippen LogP contribution in [0.2, 0.25) is 0 Å². The number of hydrogen-bond acceptors (Lipinski definition) is 9. The van der Waals surface area contributed by atoms with Crippen molar-refractivity contribution in [1.82, 2.24) is 30.7 Å². The van der Waals surface area contributed by atoms with Gasteiger partial charge in [-0.1, -0.05) is 71.4 Å². The van der Waals surface area contributed by atoms with Gasteiger partial charge in [0, 0.05) is 45.9 Å². The summed E-state index contributed by atoms with van der Waals surface area (Å²) in [4.78, 5) is 63.3. The second-order valence-corrected chi connectivity index (χ2v) is 16.1. The van der Waals surface area contributed by atoms with Crippen molar-refractivity contribution in [2.45, 2.75) is 110 Å². The van der Waals surface area contributed by atoms with Gasteiger partial charge in [-0.3, -0.25) is 19.2 Å². The van der Waals surface area contributed by atoms with E-state index in [1.807, 2.05) is 61.4 Å². The summed E-state index contributed by atoms with van der Waals surface area (Å²) in [6.45, 7) is 11.8. The number of likely N-dealkylation sites (N-methyl/N-ethyl adjacent to an activating group) is 1. The topological polar surface area (TPSA) is 142 Å². The zero-order valence-corrected chi connectivity index (χ0v) is 33.7. The van der Waals surface area contributed by atoms with Crippen LogP contribution in [0, 0.1) is 23.7 Å². The summed E-state index contributed by atoms with van der Waals surface area (Å²) in [6, 6.07) is 8.31. The lowest BCUT2D eigenvalue weighted by molar-refractivity contribution is -0.148. The first-order valence-corrected chi connectivity index (χ1v) is 20.2. The van der Waals surface area contributed by atoms with E-state index >= 15 is 0 Å². The number of aromatic nitrogens is 1. The van der Waals surface area contributed by atoms with Crippen LogP contribution in [0.4, 0.5) is 0 Å². The van der Waals surface area contributed by atoms with Gasteiger partial charge in [-0.05, 0) is 49.6 Å². The summed E-state index contributed by atoms with van der Waals surface area (Å²) in [5, 5.41) is 12.2. The van der Waals surface area contributed by atoms with Crippen LogP contribution in [0.3, 0.4) is 0 Å². The molecule has 1 aromatic heterocycles. The van der Waals surface area contributed by atoms with Crippen LogP contribution in [-0.4, -0.2) is 110 Å². The Balaban J connectivity index is 1.47. The number of carbonyl (C=O) groups is 4. The quantitative estimate of drug-likeness (QED) is 0.194. The maximum Gasteiger partial charge on any atom is 0.245 e. The molecule has 1 aromatic carbocycles. The number of nitrogens with zero attached hydrogens (tertiary/aromatic N) is 3. The highest BCUT2D eigenvalue weighted by Gasteiger charge is 2.43. The minimum atomic E-state index is -0.700. The van der Waals surface area contributed by atoms with E-state index in [9.17, 15) is 19.2 Å². The van der Waals surface area contributed by atoms with Gasteiger partial charge < -0.3 is 35.2 Å². The molecule has 4 rings (SSSR count). The van der Waals surface area contributed by atoms with E-state index in [4.69, 9.17) is 9.47 Å². The first kappa shape index (κ1) is 42.4. The first-order valence-electron chi connectivity index (χ1n) is 19.3. The van der Waals surface area contributed by atoms with Gasteiger partial charge in [-0.25, -0.2) is 4.98 Å². The number of rotatable bonds is 19. The number of likely N-dealkylation sites (tertiary alicyclic amines) is 1. The van der Waals surface area contributed by atoms with Crippen LogP contribution in [0.5, 0.6) is 0 Å². The molecule has 294 valence electrons. The number of nitrogens with one attached hydrogen (secondary N) is 3. The van der Waals surface area contributed by atoms with Crippen molar-refractivity contribution in [3.63, 3.8) is 0 Å². The fraction of sp³-hybridized carbons (Fsp3) is 0.675. The summed E-state index contributed by atoms with van der Waals surface area (Å²) in [5.41, 5.74) is 1.10. The van der Waals surface area contributed by atoms with Crippen molar-refractivity contribution < 1.29 is 28.7 Å². The number of carbonyl (C=O) groups excluding carboxylic acids is 4. The molecule has 2 aliphatic heterocycles. The Labute approximate surface area is 320 Å². The highest BCUT2D eigenvalue weighted by Crippen LogP contribution is 2.30. The van der Waals surface area contributed by atoms with Crippen LogP contribution >= 0.6 is 11.3 Å². The minimum absolute atomic E-state index is 0.00993. The van der Waals surface area contributed by atoms with Crippen LogP contribution < -0.4 is 16.0 Å². The fourth-order valence-corrected chi connectivity index (χ4v) is 8.64. The number of benzene rings is 1. The summed E-state index contributed by atoms with van der Waals surface area (Å²) < 4.78 is 12.1. The monoisotopic (exact) mass is 754 g/mol. The van der Waals surface area contributed by atoms with Gasteiger partial charge in [0.2, 0.25) is 23.6 Å². The summed E-state index contributed by atoms with van der Waals surface area (Å²) in [7, 11) is 4.94. The van der Waals surface area contributed by atoms with Crippen molar-refractivity contribution >= 4 is 35.0 Å². The molecule has 13 heteroatoms. The van der Waals surface area contributed by atoms with Crippen molar-refractivity contribution in [2.75, 3.05) is 40.9 Å². The van der Waals surface area contributed by atoms with Crippen LogP contribution in [0.25, 0.3) is 0 Å². The van der Waals surface area contributed by atoms with E-state index in [1.165, 1.54) is 11.3 Å². The standard InChI is InChI=1S/C40H62N6O6S/c1-9-26(4)35(45(6)40(50)34(25(2)3)44-38(49)29-17-18-41-24-29)32(51-7)23-33(47)46-20-13-16-31(46)36(52-8)27(5)37(48)43-30(39-42-19-21-53-39)22-28-14-11-10-12-15-28/h10-12,14-15,19,21,25-27,29-32,34-36,41H,9,13,16-18,20,22-24H2,1-8H3,(H,43,48)(H,44,49)/t26-,27+,29?,30-,31-,32+,34-,35?,36+/m0/s1. The molecule has 2 aliphatic rings. The summed E-state index contributed by atoms with van der Waals surface area (Å²) in [5.74, 6) is -1.39. The molecule has 9 atom stereocenters. The lowest BCUT2D eigenvalue weighted by atomic mass is 9.89. The maximum atomic E-state index is 14.2. The molecule has 3 heterocycles. The highest BCUT2D eigenvalue weighted by molar-refractivity contribution is 7.09. The Hall–Kier alpha value is -3.39.